The summed E-state index contributed by atoms with van der Waals surface area (Å²) in [4.78, 5) is 56.5. The smallest absolute Gasteiger partial charge is 0.341 e. The summed E-state index contributed by atoms with van der Waals surface area (Å²) in [6, 6.07) is 13.8. The van der Waals surface area contributed by atoms with Gasteiger partial charge in [0, 0.05) is 54.3 Å². The van der Waals surface area contributed by atoms with Crippen molar-refractivity contribution in [3.63, 3.8) is 0 Å². The van der Waals surface area contributed by atoms with E-state index in [1.807, 2.05) is 24.0 Å². The molecule has 0 bridgehead atoms. The number of amides is 1. The molecule has 0 atom stereocenters. The van der Waals surface area contributed by atoms with Crippen molar-refractivity contribution in [3.8, 4) is 11.6 Å². The number of nitrogens with one attached hydrogen (secondary N) is 1. The number of hydrogen-bond donors (Lipinski definition) is 2. The van der Waals surface area contributed by atoms with Crippen LogP contribution in [0.25, 0.3) is 10.9 Å². The Morgan fingerprint density at radius 1 is 1.00 bits per heavy atom. The maximum absolute atomic E-state index is 15.5. The number of carbonyl (C=O) groups excluding carboxylic acids is 1. The van der Waals surface area contributed by atoms with Crippen molar-refractivity contribution in [2.24, 2.45) is 4.99 Å². The van der Waals surface area contributed by atoms with Crippen LogP contribution in [0.15, 0.2) is 86.3 Å². The highest BCUT2D eigenvalue weighted by Crippen LogP contribution is 2.35. The summed E-state index contributed by atoms with van der Waals surface area (Å²) in [5.74, 6) is -2.38. The number of carboxylic acid groups (broad SMARTS) is 1. The van der Waals surface area contributed by atoms with E-state index in [9.17, 15) is 27.9 Å². The van der Waals surface area contributed by atoms with Crippen molar-refractivity contribution in [2.45, 2.75) is 18.4 Å². The Bertz CT molecular complexity index is 2600. The van der Waals surface area contributed by atoms with E-state index < -0.39 is 32.8 Å². The van der Waals surface area contributed by atoms with E-state index in [0.717, 1.165) is 16.9 Å². The van der Waals surface area contributed by atoms with Crippen LogP contribution < -0.4 is 29.4 Å². The second-order valence-electron chi connectivity index (χ2n) is 12.7. The number of ether oxygens (including phenoxy) is 2. The molecule has 5 aromatic rings. The van der Waals surface area contributed by atoms with Crippen LogP contribution >= 0.6 is 15.9 Å². The number of carbonyl (C=O) groups is 2. The molecule has 0 saturated carbocycles. The van der Waals surface area contributed by atoms with Gasteiger partial charge >= 0.3 is 5.97 Å². The average molecular weight is 850 g/mol. The van der Waals surface area contributed by atoms with Crippen LogP contribution in [0.2, 0.25) is 0 Å². The number of fused-ring (bicyclic) bond motifs is 2. The fraction of sp³-hybridized carbons (Fsp3) is 0.243. The molecule has 16 nitrogen and oxygen atoms in total. The van der Waals surface area contributed by atoms with E-state index in [-0.39, 0.29) is 46.0 Å². The molecule has 19 heteroatoms. The molecule has 290 valence electrons. The van der Waals surface area contributed by atoms with Gasteiger partial charge in [-0.15, -0.1) is 0 Å². The third-order valence-corrected chi connectivity index (χ3v) is 11.4. The topological polar surface area (TPSA) is 189 Å². The number of hydrogen-bond acceptors (Lipinski definition) is 12. The number of aromatic nitrogens is 3. The van der Waals surface area contributed by atoms with Crippen LogP contribution in [-0.2, 0) is 21.4 Å². The van der Waals surface area contributed by atoms with E-state index in [1.165, 1.54) is 44.7 Å². The fourth-order valence-corrected chi connectivity index (χ4v) is 8.07. The first-order chi connectivity index (χ1) is 26.8. The first-order valence-corrected chi connectivity index (χ1v) is 19.4. The zero-order valence-electron chi connectivity index (χ0n) is 30.2. The van der Waals surface area contributed by atoms with Gasteiger partial charge in [0.05, 0.1) is 48.4 Å². The Morgan fingerprint density at radius 2 is 1.73 bits per heavy atom. The van der Waals surface area contributed by atoms with Crippen molar-refractivity contribution in [1.29, 1.82) is 0 Å². The third kappa shape index (κ3) is 7.15. The number of carboxylic acids is 1. The number of aromatic carboxylic acids is 1. The average Bonchev–Trinajstić information content (AvgIpc) is 3.43. The Kier molecular flexibility index (Phi) is 10.5. The Balaban J connectivity index is 1.08. The minimum absolute atomic E-state index is 0.000857. The summed E-state index contributed by atoms with van der Waals surface area (Å²) in [5.41, 5.74) is 1.35. The largest absolute Gasteiger partial charge is 0.489 e. The van der Waals surface area contributed by atoms with Gasteiger partial charge in [-0.05, 0) is 61.5 Å². The number of anilines is 3. The summed E-state index contributed by atoms with van der Waals surface area (Å²) in [7, 11) is -1.42. The number of nitrogens with zero attached hydrogens (tertiary/aromatic N) is 7. The fourth-order valence-electron chi connectivity index (χ4n) is 6.69. The molecular weight excluding hydrogens is 815 g/mol. The van der Waals surface area contributed by atoms with Crippen LogP contribution in [0.3, 0.4) is 0 Å². The van der Waals surface area contributed by atoms with Crippen molar-refractivity contribution in [2.75, 3.05) is 61.6 Å². The number of pyridine rings is 1. The van der Waals surface area contributed by atoms with Gasteiger partial charge in [0.2, 0.25) is 11.2 Å². The normalized spacial score (nSPS) is 15.4. The number of halogens is 2. The zero-order chi connectivity index (χ0) is 39.9. The van der Waals surface area contributed by atoms with Gasteiger partial charge in [-0.1, -0.05) is 15.9 Å². The highest BCUT2D eigenvalue weighted by Gasteiger charge is 2.36. The lowest BCUT2D eigenvalue weighted by molar-refractivity contribution is -0.112. The molecular formula is C37H34BrFN8O8S. The van der Waals surface area contributed by atoms with Crippen LogP contribution in [0, 0.1) is 5.82 Å². The SMILES string of the molecule is CCn1cc(C(=O)O)c(=O)c2cc(F)c(N3CCN(CN4C(=O)C(=Nc5ccc(S(=O)(=O)Nc6ncnc(OC)c6OC)cc5)c5cc(Br)ccc54)CC3)cc21. The molecule has 56 heavy (non-hydrogen) atoms. The zero-order valence-corrected chi connectivity index (χ0v) is 32.6. The van der Waals surface area contributed by atoms with Crippen molar-refractivity contribution in [3.05, 3.63) is 98.8 Å². The lowest BCUT2D eigenvalue weighted by Crippen LogP contribution is -2.51. The molecule has 1 saturated heterocycles. The number of piperazine rings is 1. The molecule has 2 N–H and O–H groups in total. The quantitative estimate of drug-likeness (QED) is 0.190. The molecule has 0 aliphatic carbocycles. The van der Waals surface area contributed by atoms with E-state index in [2.05, 4.69) is 40.5 Å². The molecule has 2 aromatic heterocycles. The molecule has 7 rings (SSSR count). The summed E-state index contributed by atoms with van der Waals surface area (Å²) < 4.78 is 57.0. The van der Waals surface area contributed by atoms with Gasteiger partial charge in [0.1, 0.15) is 23.4 Å². The highest BCUT2D eigenvalue weighted by atomic mass is 79.9. The van der Waals surface area contributed by atoms with Crippen molar-refractivity contribution in [1.82, 2.24) is 19.4 Å². The molecule has 4 heterocycles. The molecule has 0 spiro atoms. The summed E-state index contributed by atoms with van der Waals surface area (Å²) >= 11 is 3.49. The molecule has 1 amide bonds. The van der Waals surface area contributed by atoms with Gasteiger partial charge in [-0.3, -0.25) is 24.1 Å². The Labute approximate surface area is 328 Å². The van der Waals surface area contributed by atoms with Crippen molar-refractivity contribution >= 4 is 77.3 Å². The first kappa shape index (κ1) is 38.4. The Morgan fingerprint density at radius 3 is 2.39 bits per heavy atom. The summed E-state index contributed by atoms with van der Waals surface area (Å²) in [5, 5.41) is 9.48. The van der Waals surface area contributed by atoms with E-state index in [1.54, 1.807) is 21.6 Å². The van der Waals surface area contributed by atoms with Crippen LogP contribution in [0.1, 0.15) is 22.8 Å². The van der Waals surface area contributed by atoms with Crippen LogP contribution in [0.4, 0.5) is 27.3 Å². The molecule has 0 radical (unpaired) electrons. The lowest BCUT2D eigenvalue weighted by atomic mass is 10.1. The summed E-state index contributed by atoms with van der Waals surface area (Å²) in [6.07, 6.45) is 2.42. The van der Waals surface area contributed by atoms with Gasteiger partial charge in [0.25, 0.3) is 21.8 Å². The lowest BCUT2D eigenvalue weighted by Gasteiger charge is -2.38. The first-order valence-electron chi connectivity index (χ1n) is 17.2. The predicted molar refractivity (Wildman–Crippen MR) is 210 cm³/mol. The number of sulfonamides is 1. The van der Waals surface area contributed by atoms with Gasteiger partial charge in [-0.2, -0.15) is 4.98 Å². The maximum atomic E-state index is 15.5. The summed E-state index contributed by atoms with van der Waals surface area (Å²) in [6.45, 7) is 4.23. The van der Waals surface area contributed by atoms with Gasteiger partial charge in [-0.25, -0.2) is 27.6 Å². The number of rotatable bonds is 11. The molecule has 2 aliphatic heterocycles. The molecule has 0 unspecified atom stereocenters. The number of methoxy groups -OCH3 is 2. The van der Waals surface area contributed by atoms with Crippen molar-refractivity contribution < 1.29 is 37.0 Å². The second-order valence-corrected chi connectivity index (χ2v) is 15.3. The van der Waals surface area contributed by atoms with E-state index >= 15 is 4.39 Å². The monoisotopic (exact) mass is 848 g/mol. The van der Waals surface area contributed by atoms with Crippen LogP contribution in [-0.4, -0.2) is 97.6 Å². The number of aryl methyl sites for hydroxylation is 1. The number of benzene rings is 3. The maximum Gasteiger partial charge on any atom is 0.341 e. The standard InChI is InChI=1S/C37H34BrFN8O8S/c1-4-45-18-26(37(50)51)32(48)25-16-27(39)30(17-29(25)45)46-13-11-44(12-14-46)20-47-28-10-5-21(38)15-24(28)31(36(47)49)42-22-6-8-23(9-7-22)56(52,53)43-34-33(54-2)35(55-3)41-19-40-34/h5-10,15-19H,4,11-14,20H2,1-3H3,(H,50,51)(H,40,41,43). The highest BCUT2D eigenvalue weighted by molar-refractivity contribution is 9.10. The van der Waals surface area contributed by atoms with Gasteiger partial charge in [0.15, 0.2) is 5.82 Å². The minimum Gasteiger partial charge on any atom is -0.489 e. The predicted octanol–water partition coefficient (Wildman–Crippen LogP) is 4.48. The van der Waals surface area contributed by atoms with E-state index in [4.69, 9.17) is 9.47 Å². The molecule has 3 aromatic carbocycles. The molecule has 2 aliphatic rings. The minimum atomic E-state index is -4.12. The van der Waals surface area contributed by atoms with E-state index in [0.29, 0.717) is 60.9 Å². The Hall–Kier alpha value is -5.92. The van der Waals surface area contributed by atoms with Gasteiger partial charge < -0.3 is 24.0 Å². The number of aliphatic imine (C=N–C) groups is 1. The second kappa shape index (κ2) is 15.3. The third-order valence-electron chi connectivity index (χ3n) is 9.51. The molecule has 1 fully saturated rings. The van der Waals surface area contributed by atoms with Crippen LogP contribution in [0.5, 0.6) is 11.6 Å².